The summed E-state index contributed by atoms with van der Waals surface area (Å²) in [5.74, 6) is 1.14. The molecule has 138 valence electrons. The van der Waals surface area contributed by atoms with Gasteiger partial charge in [-0.05, 0) is 18.2 Å². The molecular formula is C16H22NO6PS. The predicted molar refractivity (Wildman–Crippen MR) is 97.8 cm³/mol. The fourth-order valence-corrected chi connectivity index (χ4v) is 5.45. The van der Waals surface area contributed by atoms with Gasteiger partial charge in [-0.15, -0.1) is 11.8 Å². The smallest absolute Gasteiger partial charge is 0.360 e. The van der Waals surface area contributed by atoms with Crippen molar-refractivity contribution in [2.45, 2.75) is 31.6 Å². The monoisotopic (exact) mass is 387 g/mol. The molecule has 0 unspecified atom stereocenters. The van der Waals surface area contributed by atoms with Crippen LogP contribution in [0.2, 0.25) is 0 Å². The Labute approximate surface area is 151 Å². The summed E-state index contributed by atoms with van der Waals surface area (Å²) in [6.45, 7) is 3.79. The molecule has 1 aliphatic heterocycles. The molecule has 0 saturated carbocycles. The van der Waals surface area contributed by atoms with Crippen molar-refractivity contribution in [3.05, 3.63) is 51.0 Å². The van der Waals surface area contributed by atoms with Crippen molar-refractivity contribution < 1.29 is 23.3 Å². The van der Waals surface area contributed by atoms with Crippen molar-refractivity contribution in [1.82, 2.24) is 0 Å². The third-order valence-corrected chi connectivity index (χ3v) is 7.23. The number of hydrogen-bond acceptors (Lipinski definition) is 7. The summed E-state index contributed by atoms with van der Waals surface area (Å²) >= 11 is 1.65. The zero-order chi connectivity index (χ0) is 18.6. The van der Waals surface area contributed by atoms with E-state index in [-0.39, 0.29) is 17.0 Å². The second-order valence-electron chi connectivity index (χ2n) is 5.44. The van der Waals surface area contributed by atoms with Gasteiger partial charge < -0.3 is 13.8 Å². The van der Waals surface area contributed by atoms with E-state index in [1.165, 1.54) is 26.4 Å². The van der Waals surface area contributed by atoms with Gasteiger partial charge in [-0.1, -0.05) is 19.1 Å². The molecule has 0 aromatic heterocycles. The molecule has 0 amide bonds. The topological polar surface area (TPSA) is 87.9 Å². The van der Waals surface area contributed by atoms with Crippen LogP contribution in [0.3, 0.4) is 0 Å². The maximum atomic E-state index is 13.0. The molecule has 7 nitrogen and oxygen atoms in total. The van der Waals surface area contributed by atoms with Gasteiger partial charge in [0.25, 0.3) is 5.69 Å². The van der Waals surface area contributed by atoms with Crippen LogP contribution in [0.5, 0.6) is 0 Å². The van der Waals surface area contributed by atoms with Gasteiger partial charge in [-0.25, -0.2) is 0 Å². The van der Waals surface area contributed by atoms with E-state index >= 15 is 0 Å². The summed E-state index contributed by atoms with van der Waals surface area (Å²) in [4.78, 5) is 10.4. The average molecular weight is 387 g/mol. The molecule has 0 bridgehead atoms. The van der Waals surface area contributed by atoms with Gasteiger partial charge >= 0.3 is 7.60 Å². The first kappa shape index (κ1) is 20.0. The van der Waals surface area contributed by atoms with Crippen LogP contribution in [0, 0.1) is 10.1 Å². The number of nitro benzene ring substituents is 1. The van der Waals surface area contributed by atoms with E-state index < -0.39 is 12.5 Å². The number of ether oxygens (including phenoxy) is 1. The van der Waals surface area contributed by atoms with Crippen molar-refractivity contribution in [3.8, 4) is 0 Å². The normalized spacial score (nSPS) is 21.1. The van der Waals surface area contributed by atoms with Gasteiger partial charge in [0.1, 0.15) is 11.2 Å². The van der Waals surface area contributed by atoms with Crippen molar-refractivity contribution >= 4 is 25.0 Å². The molecule has 2 rings (SSSR count). The van der Waals surface area contributed by atoms with E-state index in [0.29, 0.717) is 17.5 Å². The maximum absolute atomic E-state index is 13.0. The summed E-state index contributed by atoms with van der Waals surface area (Å²) < 4.78 is 29.3. The second kappa shape index (κ2) is 8.36. The van der Waals surface area contributed by atoms with Gasteiger partial charge in [0, 0.05) is 38.7 Å². The Morgan fingerprint density at radius 2 is 1.92 bits per heavy atom. The third kappa shape index (κ3) is 4.26. The largest absolute Gasteiger partial charge is 0.484 e. The van der Waals surface area contributed by atoms with Crippen molar-refractivity contribution in [2.24, 2.45) is 0 Å². The van der Waals surface area contributed by atoms with Crippen molar-refractivity contribution in [1.29, 1.82) is 0 Å². The molecule has 0 spiro atoms. The quantitative estimate of drug-likeness (QED) is 0.374. The van der Waals surface area contributed by atoms with Crippen LogP contribution in [0.4, 0.5) is 5.69 Å². The Balaban J connectivity index is 2.50. The first-order chi connectivity index (χ1) is 11.9. The summed E-state index contributed by atoms with van der Waals surface area (Å²) in [5.41, 5.74) is 0.745. The zero-order valence-corrected chi connectivity index (χ0v) is 16.3. The lowest BCUT2D eigenvalue weighted by Gasteiger charge is -2.35. The number of rotatable bonds is 7. The molecule has 0 saturated heterocycles. The highest BCUT2D eigenvalue weighted by molar-refractivity contribution is 7.99. The Morgan fingerprint density at radius 3 is 2.40 bits per heavy atom. The lowest BCUT2D eigenvalue weighted by molar-refractivity contribution is -0.384. The lowest BCUT2D eigenvalue weighted by Crippen LogP contribution is -2.23. The van der Waals surface area contributed by atoms with E-state index in [1.807, 2.05) is 6.92 Å². The number of thioether (sulfide) groups is 1. The molecule has 1 aliphatic rings. The molecule has 9 heteroatoms. The highest BCUT2D eigenvalue weighted by Gasteiger charge is 2.42. The maximum Gasteiger partial charge on any atom is 0.360 e. The van der Waals surface area contributed by atoms with Crippen LogP contribution in [0.1, 0.15) is 31.7 Å². The van der Waals surface area contributed by atoms with Gasteiger partial charge in [0.05, 0.1) is 10.2 Å². The zero-order valence-electron chi connectivity index (χ0n) is 14.6. The van der Waals surface area contributed by atoms with Gasteiger partial charge in [0.15, 0.2) is 0 Å². The van der Waals surface area contributed by atoms with E-state index in [2.05, 4.69) is 0 Å². The SMILES string of the molecule is CCS[C@H]1C[C@@H](c2ccc([N+](=O)[O-])cc2)C(P(=O)(OC)OC)=C(C)O1. The minimum atomic E-state index is -3.50. The van der Waals surface area contributed by atoms with Crippen LogP contribution < -0.4 is 0 Å². The van der Waals surface area contributed by atoms with Crippen molar-refractivity contribution in [3.63, 3.8) is 0 Å². The summed E-state index contributed by atoms with van der Waals surface area (Å²) in [6.07, 6.45) is 0.583. The van der Waals surface area contributed by atoms with Crippen LogP contribution in [-0.4, -0.2) is 30.3 Å². The molecule has 25 heavy (non-hydrogen) atoms. The standard InChI is InChI=1S/C16H22NO6PS/c1-5-25-15-10-14(12-6-8-13(9-7-12)17(18)19)16(11(2)23-15)24(20,21-3)22-4/h6-9,14-15H,5,10H2,1-4H3/t14-,15-/m0/s1. The second-order valence-corrected chi connectivity index (χ2v) is 9.09. The number of non-ortho nitro benzene ring substituents is 1. The molecule has 0 fully saturated rings. The van der Waals surface area contributed by atoms with Crippen LogP contribution in [0.15, 0.2) is 35.3 Å². The predicted octanol–water partition coefficient (Wildman–Crippen LogP) is 4.90. The molecule has 1 aromatic rings. The summed E-state index contributed by atoms with van der Waals surface area (Å²) in [6, 6.07) is 6.27. The van der Waals surface area contributed by atoms with Gasteiger partial charge in [0.2, 0.25) is 0 Å². The average Bonchev–Trinajstić information content (AvgIpc) is 2.61. The highest BCUT2D eigenvalue weighted by Crippen LogP contribution is 2.63. The highest BCUT2D eigenvalue weighted by atomic mass is 32.2. The fourth-order valence-electron chi connectivity index (χ4n) is 2.92. The number of nitro groups is 1. The molecule has 0 N–H and O–H groups in total. The van der Waals surface area contributed by atoms with Gasteiger partial charge in [-0.3, -0.25) is 14.7 Å². The number of allylic oxidation sites excluding steroid dienone is 2. The summed E-state index contributed by atoms with van der Waals surface area (Å²) in [5, 5.41) is 11.4. The van der Waals surface area contributed by atoms with E-state index in [4.69, 9.17) is 13.8 Å². The molecule has 2 atom stereocenters. The van der Waals surface area contributed by atoms with E-state index in [0.717, 1.165) is 11.3 Å². The first-order valence-corrected chi connectivity index (χ1v) is 10.4. The molecule has 1 heterocycles. The van der Waals surface area contributed by atoms with Gasteiger partial charge in [-0.2, -0.15) is 0 Å². The Hall–Kier alpha value is -1.34. The van der Waals surface area contributed by atoms with Crippen LogP contribution in [-0.2, 0) is 18.3 Å². The Morgan fingerprint density at radius 1 is 1.32 bits per heavy atom. The van der Waals surface area contributed by atoms with E-state index in [9.17, 15) is 14.7 Å². The Kier molecular flexibility index (Phi) is 6.68. The Bertz CT molecular complexity index is 697. The first-order valence-electron chi connectivity index (χ1n) is 7.81. The molecule has 1 aromatic carbocycles. The van der Waals surface area contributed by atoms with Crippen LogP contribution in [0.25, 0.3) is 0 Å². The number of benzene rings is 1. The fraction of sp³-hybridized carbons (Fsp3) is 0.500. The minimum Gasteiger partial charge on any atom is -0.484 e. The third-order valence-electron chi connectivity index (χ3n) is 4.06. The molecular weight excluding hydrogens is 365 g/mol. The number of nitrogens with zero attached hydrogens (tertiary/aromatic N) is 1. The minimum absolute atomic E-state index is 0.0132. The van der Waals surface area contributed by atoms with Crippen LogP contribution >= 0.6 is 19.4 Å². The number of hydrogen-bond donors (Lipinski definition) is 0. The molecule has 0 radical (unpaired) electrons. The molecule has 0 aliphatic carbocycles. The summed E-state index contributed by atoms with van der Waals surface area (Å²) in [7, 11) is -0.824. The van der Waals surface area contributed by atoms with E-state index in [1.54, 1.807) is 30.8 Å². The van der Waals surface area contributed by atoms with Crippen molar-refractivity contribution in [2.75, 3.05) is 20.0 Å². The lowest BCUT2D eigenvalue weighted by atomic mass is 9.93.